The van der Waals surface area contributed by atoms with Crippen molar-refractivity contribution >= 4 is 29.9 Å². The van der Waals surface area contributed by atoms with E-state index < -0.39 is 0 Å². The topological polar surface area (TPSA) is 49.3 Å². The van der Waals surface area contributed by atoms with Crippen molar-refractivity contribution in [3.63, 3.8) is 0 Å². The van der Waals surface area contributed by atoms with Gasteiger partial charge in [0.25, 0.3) is 0 Å². The van der Waals surface area contributed by atoms with Crippen LogP contribution in [0.1, 0.15) is 16.7 Å². The lowest BCUT2D eigenvalue weighted by Gasteiger charge is -2.13. The van der Waals surface area contributed by atoms with Crippen LogP contribution in [-0.2, 0) is 13.1 Å². The molecule has 0 saturated carbocycles. The van der Waals surface area contributed by atoms with E-state index in [1.54, 1.807) is 7.05 Å². The molecule has 3 rings (SSSR count). The molecule has 0 saturated heterocycles. The summed E-state index contributed by atoms with van der Waals surface area (Å²) in [6.45, 7) is 3.57. The predicted octanol–water partition coefficient (Wildman–Crippen LogP) is 4.54. The van der Waals surface area contributed by atoms with Gasteiger partial charge in [-0.25, -0.2) is 0 Å². The molecule has 4 nitrogen and oxygen atoms in total. The quantitative estimate of drug-likeness (QED) is 0.326. The molecule has 5 heteroatoms. The Morgan fingerprint density at radius 2 is 1.70 bits per heavy atom. The first-order chi connectivity index (χ1) is 12.8. The molecule has 0 atom stereocenters. The summed E-state index contributed by atoms with van der Waals surface area (Å²) in [6, 6.07) is 22.7. The van der Waals surface area contributed by atoms with Crippen LogP contribution >= 0.6 is 24.0 Å². The Balaban J connectivity index is 0.00000261. The van der Waals surface area contributed by atoms with Crippen molar-refractivity contribution in [1.82, 2.24) is 15.6 Å². The van der Waals surface area contributed by atoms with Crippen LogP contribution in [-0.4, -0.2) is 18.0 Å². The minimum Gasteiger partial charge on any atom is -0.352 e. The summed E-state index contributed by atoms with van der Waals surface area (Å²) in [5.41, 5.74) is 5.84. The molecule has 0 spiro atoms. The van der Waals surface area contributed by atoms with E-state index in [1.165, 1.54) is 16.7 Å². The van der Waals surface area contributed by atoms with E-state index >= 15 is 0 Å². The summed E-state index contributed by atoms with van der Waals surface area (Å²) in [7, 11) is 1.79. The molecule has 3 aromatic rings. The fourth-order valence-electron chi connectivity index (χ4n) is 2.77. The van der Waals surface area contributed by atoms with E-state index in [9.17, 15) is 0 Å². The van der Waals surface area contributed by atoms with Crippen LogP contribution < -0.4 is 10.6 Å². The lowest BCUT2D eigenvalue weighted by atomic mass is 10.1. The molecular formula is C22H25IN4. The van der Waals surface area contributed by atoms with E-state index in [2.05, 4.69) is 76.1 Å². The minimum atomic E-state index is 0. The number of pyridine rings is 1. The van der Waals surface area contributed by atoms with Crippen molar-refractivity contribution in [3.8, 4) is 11.3 Å². The third-order valence-electron chi connectivity index (χ3n) is 4.28. The fraction of sp³-hybridized carbons (Fsp3) is 0.182. The van der Waals surface area contributed by atoms with Gasteiger partial charge in [-0.15, -0.1) is 24.0 Å². The number of benzene rings is 2. The van der Waals surface area contributed by atoms with Crippen molar-refractivity contribution in [3.05, 3.63) is 89.6 Å². The molecule has 0 aliphatic carbocycles. The number of aromatic nitrogens is 1. The maximum Gasteiger partial charge on any atom is 0.191 e. The van der Waals surface area contributed by atoms with Crippen LogP contribution in [0.15, 0.2) is 77.9 Å². The molecular weight excluding hydrogens is 447 g/mol. The molecule has 140 valence electrons. The first-order valence-electron chi connectivity index (χ1n) is 8.75. The second-order valence-corrected chi connectivity index (χ2v) is 6.12. The summed E-state index contributed by atoms with van der Waals surface area (Å²) < 4.78 is 0. The molecule has 0 bridgehead atoms. The van der Waals surface area contributed by atoms with Gasteiger partial charge < -0.3 is 10.6 Å². The smallest absolute Gasteiger partial charge is 0.191 e. The Kier molecular flexibility index (Phi) is 8.26. The monoisotopic (exact) mass is 472 g/mol. The molecule has 27 heavy (non-hydrogen) atoms. The lowest BCUT2D eigenvalue weighted by Crippen LogP contribution is -2.36. The zero-order valence-electron chi connectivity index (χ0n) is 15.6. The largest absolute Gasteiger partial charge is 0.352 e. The van der Waals surface area contributed by atoms with Crippen LogP contribution in [0, 0.1) is 6.92 Å². The first kappa shape index (κ1) is 20.9. The van der Waals surface area contributed by atoms with Crippen LogP contribution in [0.25, 0.3) is 11.3 Å². The summed E-state index contributed by atoms with van der Waals surface area (Å²) in [5.74, 6) is 0.788. The van der Waals surface area contributed by atoms with Gasteiger partial charge in [0.1, 0.15) is 0 Å². The molecule has 1 heterocycles. The van der Waals surface area contributed by atoms with Crippen LogP contribution in [0.3, 0.4) is 0 Å². The molecule has 1 aromatic heterocycles. The second kappa shape index (κ2) is 10.7. The highest BCUT2D eigenvalue weighted by Crippen LogP contribution is 2.17. The highest BCUT2D eigenvalue weighted by molar-refractivity contribution is 14.0. The molecule has 0 aliphatic rings. The Morgan fingerprint density at radius 1 is 0.926 bits per heavy atom. The summed E-state index contributed by atoms with van der Waals surface area (Å²) in [4.78, 5) is 8.73. The summed E-state index contributed by atoms with van der Waals surface area (Å²) >= 11 is 0. The Morgan fingerprint density at radius 3 is 2.44 bits per heavy atom. The van der Waals surface area contributed by atoms with E-state index in [-0.39, 0.29) is 24.0 Å². The Bertz CT molecular complexity index is 878. The van der Waals surface area contributed by atoms with Gasteiger partial charge in [0.05, 0.1) is 5.69 Å². The highest BCUT2D eigenvalue weighted by atomic mass is 127. The third kappa shape index (κ3) is 6.06. The zero-order chi connectivity index (χ0) is 18.2. The summed E-state index contributed by atoms with van der Waals surface area (Å²) in [5, 5.41) is 6.74. The molecule has 2 aromatic carbocycles. The Hall–Kier alpha value is -2.41. The van der Waals surface area contributed by atoms with Gasteiger partial charge in [-0.05, 0) is 41.8 Å². The molecule has 0 fully saturated rings. The normalized spacial score (nSPS) is 10.8. The molecule has 2 N–H and O–H groups in total. The van der Waals surface area contributed by atoms with Crippen molar-refractivity contribution in [2.24, 2.45) is 4.99 Å². The average molecular weight is 472 g/mol. The standard InChI is InChI=1S/C22H24N4.HI/c1-17-8-3-4-10-20(17)16-26-22(23-2)25-15-18-9-7-11-19(14-18)21-12-5-6-13-24-21;/h3-14H,15-16H2,1-2H3,(H2,23,25,26);1H. The number of aryl methyl sites for hydroxylation is 1. The predicted molar refractivity (Wildman–Crippen MR) is 123 cm³/mol. The highest BCUT2D eigenvalue weighted by Gasteiger charge is 2.03. The lowest BCUT2D eigenvalue weighted by molar-refractivity contribution is 0.806. The fourth-order valence-corrected chi connectivity index (χ4v) is 2.77. The average Bonchev–Trinajstić information content (AvgIpc) is 2.70. The van der Waals surface area contributed by atoms with Gasteiger partial charge in [-0.1, -0.05) is 48.5 Å². The Labute approximate surface area is 178 Å². The van der Waals surface area contributed by atoms with Crippen molar-refractivity contribution in [2.75, 3.05) is 7.05 Å². The maximum atomic E-state index is 4.42. The van der Waals surface area contributed by atoms with E-state index in [0.717, 1.165) is 23.8 Å². The number of nitrogens with one attached hydrogen (secondary N) is 2. The van der Waals surface area contributed by atoms with Gasteiger partial charge in [0.15, 0.2) is 5.96 Å². The van der Waals surface area contributed by atoms with E-state index in [4.69, 9.17) is 0 Å². The van der Waals surface area contributed by atoms with Crippen LogP contribution in [0.5, 0.6) is 0 Å². The van der Waals surface area contributed by atoms with Crippen molar-refractivity contribution < 1.29 is 0 Å². The van der Waals surface area contributed by atoms with Gasteiger partial charge in [0, 0.05) is 31.9 Å². The van der Waals surface area contributed by atoms with Gasteiger partial charge >= 0.3 is 0 Å². The summed E-state index contributed by atoms with van der Waals surface area (Å²) in [6.07, 6.45) is 1.82. The number of hydrogen-bond acceptors (Lipinski definition) is 2. The third-order valence-corrected chi connectivity index (χ3v) is 4.28. The number of aliphatic imine (C=N–C) groups is 1. The minimum absolute atomic E-state index is 0. The first-order valence-corrected chi connectivity index (χ1v) is 8.75. The van der Waals surface area contributed by atoms with E-state index in [0.29, 0.717) is 6.54 Å². The van der Waals surface area contributed by atoms with Crippen molar-refractivity contribution in [2.45, 2.75) is 20.0 Å². The number of rotatable bonds is 5. The van der Waals surface area contributed by atoms with E-state index in [1.807, 2.05) is 24.4 Å². The second-order valence-electron chi connectivity index (χ2n) is 6.12. The number of hydrogen-bond donors (Lipinski definition) is 2. The maximum absolute atomic E-state index is 4.42. The van der Waals surface area contributed by atoms with Crippen LogP contribution in [0.2, 0.25) is 0 Å². The zero-order valence-corrected chi connectivity index (χ0v) is 18.0. The van der Waals surface area contributed by atoms with Gasteiger partial charge in [0.2, 0.25) is 0 Å². The molecule has 0 unspecified atom stereocenters. The van der Waals surface area contributed by atoms with Crippen molar-refractivity contribution in [1.29, 1.82) is 0 Å². The number of guanidine groups is 1. The molecule has 0 radical (unpaired) electrons. The SMILES string of the molecule is CN=C(NCc1cccc(-c2ccccn2)c1)NCc1ccccc1C.I. The van der Waals surface area contributed by atoms with Gasteiger partial charge in [-0.2, -0.15) is 0 Å². The number of nitrogens with zero attached hydrogens (tertiary/aromatic N) is 2. The molecule has 0 aliphatic heterocycles. The van der Waals surface area contributed by atoms with Crippen LogP contribution in [0.4, 0.5) is 0 Å². The molecule has 0 amide bonds. The van der Waals surface area contributed by atoms with Gasteiger partial charge in [-0.3, -0.25) is 9.98 Å². The number of halogens is 1.